The van der Waals surface area contributed by atoms with Gasteiger partial charge in [-0.05, 0) is 11.4 Å². The summed E-state index contributed by atoms with van der Waals surface area (Å²) in [6, 6.07) is 2.36. The van der Waals surface area contributed by atoms with Gasteiger partial charge in [0.05, 0.1) is 18.8 Å². The van der Waals surface area contributed by atoms with E-state index >= 15 is 0 Å². The van der Waals surface area contributed by atoms with Gasteiger partial charge in [0.25, 0.3) is 0 Å². The van der Waals surface area contributed by atoms with Gasteiger partial charge in [-0.25, -0.2) is 0 Å². The highest BCUT2D eigenvalue weighted by atomic mass is 32.1. The van der Waals surface area contributed by atoms with Crippen LogP contribution in [0.1, 0.15) is 5.89 Å². The molecule has 0 amide bonds. The van der Waals surface area contributed by atoms with Crippen LogP contribution in [0.5, 0.6) is 0 Å². The van der Waals surface area contributed by atoms with Crippen LogP contribution in [0.3, 0.4) is 0 Å². The zero-order valence-electron chi connectivity index (χ0n) is 9.47. The number of nitrogens with one attached hydrogen (secondary N) is 2. The number of anilines is 2. The Morgan fingerprint density at radius 3 is 3.18 bits per heavy atom. The fourth-order valence-corrected chi connectivity index (χ4v) is 1.79. The summed E-state index contributed by atoms with van der Waals surface area (Å²) >= 11 is 1.61. The average Bonchev–Trinajstić information content (AvgIpc) is 2.97. The fraction of sp³-hybridized carbons (Fsp3) is 0.400. The highest BCUT2D eigenvalue weighted by Crippen LogP contribution is 2.17. The lowest BCUT2D eigenvalue weighted by Gasteiger charge is -1.99. The van der Waals surface area contributed by atoms with Gasteiger partial charge >= 0.3 is 6.01 Å². The summed E-state index contributed by atoms with van der Waals surface area (Å²) < 4.78 is 10.3. The minimum Gasteiger partial charge on any atom is -0.406 e. The lowest BCUT2D eigenvalue weighted by Crippen LogP contribution is -2.18. The van der Waals surface area contributed by atoms with E-state index in [-0.39, 0.29) is 0 Å². The quantitative estimate of drug-likeness (QED) is 0.731. The molecule has 0 radical (unpaired) electrons. The summed E-state index contributed by atoms with van der Waals surface area (Å²) in [5.74, 6) is 0.554. The van der Waals surface area contributed by atoms with E-state index in [2.05, 4.69) is 20.8 Å². The minimum atomic E-state index is 0.409. The Labute approximate surface area is 103 Å². The molecule has 0 aliphatic heterocycles. The zero-order chi connectivity index (χ0) is 11.9. The van der Waals surface area contributed by atoms with Crippen molar-refractivity contribution in [2.75, 3.05) is 25.6 Å². The van der Waals surface area contributed by atoms with Gasteiger partial charge in [0, 0.05) is 19.0 Å². The van der Waals surface area contributed by atoms with Crippen molar-refractivity contribution in [3.05, 3.63) is 22.7 Å². The molecular formula is C10H14N4O2S. The van der Waals surface area contributed by atoms with Crippen molar-refractivity contribution in [1.29, 1.82) is 0 Å². The third-order valence-electron chi connectivity index (χ3n) is 2.00. The van der Waals surface area contributed by atoms with Crippen LogP contribution in [0.25, 0.3) is 0 Å². The van der Waals surface area contributed by atoms with Crippen molar-refractivity contribution < 1.29 is 9.15 Å². The van der Waals surface area contributed by atoms with Crippen molar-refractivity contribution in [3.63, 3.8) is 0 Å². The Hall–Kier alpha value is -1.44. The number of nitrogens with zero attached hydrogens (tertiary/aromatic N) is 2. The molecular weight excluding hydrogens is 240 g/mol. The van der Waals surface area contributed by atoms with Gasteiger partial charge in [-0.2, -0.15) is 11.3 Å². The summed E-state index contributed by atoms with van der Waals surface area (Å²) in [5, 5.41) is 17.9. The lowest BCUT2D eigenvalue weighted by molar-refractivity contribution is 0.198. The van der Waals surface area contributed by atoms with E-state index in [0.29, 0.717) is 25.1 Å². The number of hydrogen-bond acceptors (Lipinski definition) is 7. The van der Waals surface area contributed by atoms with Crippen LogP contribution in [0.4, 0.5) is 11.7 Å². The monoisotopic (exact) mass is 254 g/mol. The largest absolute Gasteiger partial charge is 0.406 e. The van der Waals surface area contributed by atoms with Crippen molar-refractivity contribution in [2.45, 2.75) is 6.54 Å². The Morgan fingerprint density at radius 2 is 2.41 bits per heavy atom. The number of hydrogen-bond donors (Lipinski definition) is 2. The second kappa shape index (κ2) is 6.33. The maximum atomic E-state index is 5.41. The highest BCUT2D eigenvalue weighted by molar-refractivity contribution is 7.08. The molecule has 0 aliphatic rings. The maximum absolute atomic E-state index is 5.41. The molecule has 0 fully saturated rings. The molecule has 2 N–H and O–H groups in total. The zero-order valence-corrected chi connectivity index (χ0v) is 10.3. The molecule has 7 heteroatoms. The van der Waals surface area contributed by atoms with Crippen molar-refractivity contribution in [3.8, 4) is 0 Å². The fourth-order valence-electron chi connectivity index (χ4n) is 1.20. The predicted molar refractivity (Wildman–Crippen MR) is 65.5 cm³/mol. The van der Waals surface area contributed by atoms with E-state index in [1.807, 2.05) is 16.8 Å². The smallest absolute Gasteiger partial charge is 0.320 e. The van der Waals surface area contributed by atoms with Crippen LogP contribution in [0.2, 0.25) is 0 Å². The van der Waals surface area contributed by atoms with Gasteiger partial charge in [-0.15, -0.1) is 5.10 Å². The highest BCUT2D eigenvalue weighted by Gasteiger charge is 2.05. The van der Waals surface area contributed by atoms with E-state index in [9.17, 15) is 0 Å². The van der Waals surface area contributed by atoms with Gasteiger partial charge in [-0.1, -0.05) is 5.10 Å². The molecule has 2 aromatic heterocycles. The molecule has 0 spiro atoms. The lowest BCUT2D eigenvalue weighted by atomic mass is 10.5. The first kappa shape index (κ1) is 12.0. The van der Waals surface area contributed by atoms with Crippen molar-refractivity contribution in [2.24, 2.45) is 0 Å². The maximum Gasteiger partial charge on any atom is 0.320 e. The molecule has 0 atom stereocenters. The molecule has 0 bridgehead atoms. The summed E-state index contributed by atoms with van der Waals surface area (Å²) in [6.07, 6.45) is 0. The molecule has 0 unspecified atom stereocenters. The molecule has 92 valence electrons. The molecule has 0 aliphatic carbocycles. The minimum absolute atomic E-state index is 0.409. The molecule has 0 saturated heterocycles. The Kier molecular flexibility index (Phi) is 4.48. The third kappa shape index (κ3) is 3.81. The number of ether oxygens (including phenoxy) is 1. The van der Waals surface area contributed by atoms with Crippen molar-refractivity contribution >= 4 is 23.0 Å². The van der Waals surface area contributed by atoms with E-state index in [1.165, 1.54) is 0 Å². The summed E-state index contributed by atoms with van der Waals surface area (Å²) in [6.45, 7) is 1.96. The Bertz CT molecular complexity index is 429. The number of thiophene rings is 1. The average molecular weight is 254 g/mol. The number of aromatic nitrogens is 2. The predicted octanol–water partition coefficient (Wildman–Crippen LogP) is 1.61. The topological polar surface area (TPSA) is 72.2 Å². The molecule has 0 saturated carbocycles. The van der Waals surface area contributed by atoms with Gasteiger partial charge in [0.2, 0.25) is 5.89 Å². The Balaban J connectivity index is 1.79. The molecule has 2 heterocycles. The summed E-state index contributed by atoms with van der Waals surface area (Å²) in [5.41, 5.74) is 0.956. The van der Waals surface area contributed by atoms with E-state index in [4.69, 9.17) is 9.15 Å². The second-order valence-corrected chi connectivity index (χ2v) is 4.09. The van der Waals surface area contributed by atoms with E-state index in [1.54, 1.807) is 18.4 Å². The molecule has 0 aromatic carbocycles. The number of rotatable bonds is 7. The van der Waals surface area contributed by atoms with Gasteiger partial charge in [0.15, 0.2) is 0 Å². The first-order valence-electron chi connectivity index (χ1n) is 5.20. The molecule has 2 aromatic rings. The Morgan fingerprint density at radius 1 is 1.47 bits per heavy atom. The number of methoxy groups -OCH3 is 1. The van der Waals surface area contributed by atoms with Crippen LogP contribution < -0.4 is 10.6 Å². The van der Waals surface area contributed by atoms with Gasteiger partial charge < -0.3 is 19.8 Å². The normalized spacial score (nSPS) is 10.6. The standard InChI is InChI=1S/C10H14N4O2S/c1-15-4-3-11-6-9-13-14-10(16-9)12-8-2-5-17-7-8/h2,5,7,11H,3-4,6H2,1H3,(H,12,14). The van der Waals surface area contributed by atoms with Crippen LogP contribution in [-0.4, -0.2) is 30.5 Å². The first-order valence-corrected chi connectivity index (χ1v) is 6.14. The van der Waals surface area contributed by atoms with Gasteiger partial charge in [0.1, 0.15) is 0 Å². The second-order valence-electron chi connectivity index (χ2n) is 3.31. The van der Waals surface area contributed by atoms with Crippen LogP contribution in [-0.2, 0) is 11.3 Å². The SMILES string of the molecule is COCCNCc1nnc(Nc2ccsc2)o1. The van der Waals surface area contributed by atoms with Gasteiger partial charge in [-0.3, -0.25) is 0 Å². The van der Waals surface area contributed by atoms with E-state index in [0.717, 1.165) is 12.2 Å². The molecule has 6 nitrogen and oxygen atoms in total. The molecule has 2 rings (SSSR count). The molecule has 17 heavy (non-hydrogen) atoms. The van der Waals surface area contributed by atoms with E-state index < -0.39 is 0 Å². The van der Waals surface area contributed by atoms with Crippen molar-refractivity contribution in [1.82, 2.24) is 15.5 Å². The van der Waals surface area contributed by atoms with Crippen LogP contribution in [0.15, 0.2) is 21.2 Å². The summed E-state index contributed by atoms with van der Waals surface area (Å²) in [4.78, 5) is 0. The first-order chi connectivity index (χ1) is 8.38. The van der Waals surface area contributed by atoms with Crippen LogP contribution in [0, 0.1) is 0 Å². The summed E-state index contributed by atoms with van der Waals surface area (Å²) in [7, 11) is 1.66. The van der Waals surface area contributed by atoms with Crippen LogP contribution >= 0.6 is 11.3 Å². The third-order valence-corrected chi connectivity index (χ3v) is 2.68.